The predicted octanol–water partition coefficient (Wildman–Crippen LogP) is 1.90. The van der Waals surface area contributed by atoms with Crippen molar-refractivity contribution in [3.05, 3.63) is 59.2 Å². The van der Waals surface area contributed by atoms with Crippen LogP contribution in [-0.4, -0.2) is 50.8 Å². The van der Waals surface area contributed by atoms with Crippen LogP contribution in [0.3, 0.4) is 0 Å². The molecule has 8 nitrogen and oxygen atoms in total. The summed E-state index contributed by atoms with van der Waals surface area (Å²) in [5.41, 5.74) is 2.35. The van der Waals surface area contributed by atoms with Gasteiger partial charge in [-0.3, -0.25) is 9.59 Å². The van der Waals surface area contributed by atoms with Crippen LogP contribution in [0, 0.1) is 13.8 Å². The second-order valence-corrected chi connectivity index (χ2v) is 9.78. The summed E-state index contributed by atoms with van der Waals surface area (Å²) >= 11 is 0. The Morgan fingerprint density at radius 1 is 1.09 bits per heavy atom. The van der Waals surface area contributed by atoms with Crippen LogP contribution in [-0.2, 0) is 26.2 Å². The number of aryl methyl sites for hydroxylation is 2. The van der Waals surface area contributed by atoms with Gasteiger partial charge in [0.2, 0.25) is 10.0 Å². The van der Waals surface area contributed by atoms with Crippen LogP contribution in [0.15, 0.2) is 47.4 Å². The van der Waals surface area contributed by atoms with Crippen LogP contribution in [0.2, 0.25) is 0 Å². The lowest BCUT2D eigenvalue weighted by Crippen LogP contribution is -2.46. The van der Waals surface area contributed by atoms with E-state index in [1.807, 2.05) is 19.1 Å². The van der Waals surface area contributed by atoms with Crippen molar-refractivity contribution in [2.45, 2.75) is 44.2 Å². The summed E-state index contributed by atoms with van der Waals surface area (Å²) in [5.74, 6) is -0.897. The number of sulfonamides is 1. The molecule has 172 valence electrons. The molecule has 1 atom stereocenters. The van der Waals surface area contributed by atoms with Crippen LogP contribution < -0.4 is 15.4 Å². The zero-order valence-corrected chi connectivity index (χ0v) is 19.4. The molecule has 0 saturated carbocycles. The smallest absolute Gasteiger partial charge is 0.309 e. The van der Waals surface area contributed by atoms with Crippen LogP contribution in [0.1, 0.15) is 29.5 Å². The molecular formula is C23H29N3O5S. The number of carbonyl (C=O) groups excluding carboxylic acids is 2. The van der Waals surface area contributed by atoms with Crippen LogP contribution >= 0.6 is 0 Å². The first kappa shape index (κ1) is 23.7. The Morgan fingerprint density at radius 2 is 1.84 bits per heavy atom. The second kappa shape index (κ2) is 10.1. The number of methoxy groups -OCH3 is 1. The molecule has 2 aromatic rings. The molecule has 2 N–H and O–H groups in total. The maximum Gasteiger partial charge on any atom is 0.309 e. The van der Waals surface area contributed by atoms with Gasteiger partial charge in [-0.2, -0.15) is 4.31 Å². The second-order valence-electron chi connectivity index (χ2n) is 7.92. The molecule has 0 unspecified atom stereocenters. The van der Waals surface area contributed by atoms with Gasteiger partial charge in [0.05, 0.1) is 12.0 Å². The first-order valence-corrected chi connectivity index (χ1v) is 11.9. The molecule has 1 heterocycles. The third kappa shape index (κ3) is 5.46. The zero-order valence-electron chi connectivity index (χ0n) is 18.6. The summed E-state index contributed by atoms with van der Waals surface area (Å²) in [6, 6.07) is 12.1. The highest BCUT2D eigenvalue weighted by Crippen LogP contribution is 2.28. The minimum absolute atomic E-state index is 0.0789. The Morgan fingerprint density at radius 3 is 2.59 bits per heavy atom. The highest BCUT2D eigenvalue weighted by atomic mass is 32.2. The van der Waals surface area contributed by atoms with Crippen LogP contribution in [0.5, 0.6) is 5.75 Å². The summed E-state index contributed by atoms with van der Waals surface area (Å²) in [7, 11) is -2.14. The predicted molar refractivity (Wildman–Crippen MR) is 121 cm³/mol. The fourth-order valence-electron chi connectivity index (χ4n) is 3.78. The third-order valence-corrected chi connectivity index (χ3v) is 7.64. The van der Waals surface area contributed by atoms with Gasteiger partial charge in [0.15, 0.2) is 0 Å². The van der Waals surface area contributed by atoms with Crippen molar-refractivity contribution < 1.29 is 22.7 Å². The SMILES string of the molecule is COc1cccc(CNC(=O)C(=O)NC[C@H]2CCCN2S(=O)(=O)c2cc(C)ccc2C)c1. The summed E-state index contributed by atoms with van der Waals surface area (Å²) in [6.45, 7) is 4.27. The Bertz CT molecular complexity index is 1100. The molecular weight excluding hydrogens is 430 g/mol. The van der Waals surface area contributed by atoms with E-state index < -0.39 is 27.9 Å². The van der Waals surface area contributed by atoms with Crippen molar-refractivity contribution >= 4 is 21.8 Å². The number of ether oxygens (including phenoxy) is 1. The van der Waals surface area contributed by atoms with Gasteiger partial charge in [0.1, 0.15) is 5.75 Å². The van der Waals surface area contributed by atoms with Gasteiger partial charge in [0, 0.05) is 25.7 Å². The van der Waals surface area contributed by atoms with E-state index in [-0.39, 0.29) is 18.0 Å². The van der Waals surface area contributed by atoms with E-state index >= 15 is 0 Å². The van der Waals surface area contributed by atoms with Crippen molar-refractivity contribution in [1.82, 2.24) is 14.9 Å². The van der Waals surface area contributed by atoms with Crippen molar-refractivity contribution in [1.29, 1.82) is 0 Å². The normalized spacial score (nSPS) is 16.5. The van der Waals surface area contributed by atoms with Crippen molar-refractivity contribution in [2.24, 2.45) is 0 Å². The standard InChI is InChI=1S/C23H29N3O5S/c1-16-9-10-17(2)21(12-16)32(29,30)26-11-5-7-19(26)15-25-23(28)22(27)24-14-18-6-4-8-20(13-18)31-3/h4,6,8-10,12-13,19H,5,7,11,14-15H2,1-3H3,(H,24,27)(H,25,28)/t19-/m1/s1. The zero-order chi connectivity index (χ0) is 23.3. The summed E-state index contributed by atoms with van der Waals surface area (Å²) in [5, 5.41) is 5.15. The van der Waals surface area contributed by atoms with Crippen molar-refractivity contribution in [3.63, 3.8) is 0 Å². The minimum atomic E-state index is -3.69. The Balaban J connectivity index is 1.58. The van der Waals surface area contributed by atoms with E-state index in [4.69, 9.17) is 4.74 Å². The maximum atomic E-state index is 13.2. The van der Waals surface area contributed by atoms with Crippen LogP contribution in [0.4, 0.5) is 0 Å². The Kier molecular flexibility index (Phi) is 7.52. The number of hydrogen-bond donors (Lipinski definition) is 2. The van der Waals surface area contributed by atoms with Gasteiger partial charge >= 0.3 is 11.8 Å². The van der Waals surface area contributed by atoms with Gasteiger partial charge in [-0.1, -0.05) is 24.3 Å². The van der Waals surface area contributed by atoms with E-state index in [2.05, 4.69) is 10.6 Å². The highest BCUT2D eigenvalue weighted by molar-refractivity contribution is 7.89. The van der Waals surface area contributed by atoms with E-state index in [1.54, 1.807) is 44.4 Å². The van der Waals surface area contributed by atoms with Gasteiger partial charge in [-0.25, -0.2) is 8.42 Å². The first-order valence-electron chi connectivity index (χ1n) is 10.5. The molecule has 3 rings (SSSR count). The van der Waals surface area contributed by atoms with Crippen molar-refractivity contribution in [3.8, 4) is 5.75 Å². The molecule has 0 bridgehead atoms. The molecule has 1 aliphatic rings. The number of hydrogen-bond acceptors (Lipinski definition) is 5. The molecule has 0 aliphatic carbocycles. The van der Waals surface area contributed by atoms with Crippen molar-refractivity contribution in [2.75, 3.05) is 20.2 Å². The molecule has 0 spiro atoms. The van der Waals surface area contributed by atoms with Gasteiger partial charge in [-0.15, -0.1) is 0 Å². The van der Waals surface area contributed by atoms with Gasteiger partial charge in [0.25, 0.3) is 0 Å². The number of benzene rings is 2. The highest BCUT2D eigenvalue weighted by Gasteiger charge is 2.36. The molecule has 32 heavy (non-hydrogen) atoms. The quantitative estimate of drug-likeness (QED) is 0.616. The Hall–Kier alpha value is -2.91. The van der Waals surface area contributed by atoms with Gasteiger partial charge in [-0.05, 0) is 61.6 Å². The molecule has 1 saturated heterocycles. The van der Waals surface area contributed by atoms with E-state index in [1.165, 1.54) is 4.31 Å². The van der Waals surface area contributed by atoms with E-state index in [9.17, 15) is 18.0 Å². The molecule has 1 aliphatic heterocycles. The summed E-state index contributed by atoms with van der Waals surface area (Å²) < 4.78 is 33.0. The molecule has 2 amide bonds. The van der Waals surface area contributed by atoms with Gasteiger partial charge < -0.3 is 15.4 Å². The maximum absolute atomic E-state index is 13.2. The number of rotatable bonds is 7. The molecule has 1 fully saturated rings. The number of amides is 2. The average molecular weight is 460 g/mol. The summed E-state index contributed by atoms with van der Waals surface area (Å²) in [6.07, 6.45) is 1.32. The Labute approximate surface area is 189 Å². The third-order valence-electron chi connectivity index (χ3n) is 5.55. The average Bonchev–Trinajstić information content (AvgIpc) is 3.27. The number of carbonyl (C=O) groups is 2. The topological polar surface area (TPSA) is 105 Å². The van der Waals surface area contributed by atoms with E-state index in [0.717, 1.165) is 11.1 Å². The molecule has 2 aromatic carbocycles. The largest absolute Gasteiger partial charge is 0.497 e. The monoisotopic (exact) mass is 459 g/mol. The fourth-order valence-corrected chi connectivity index (χ4v) is 5.78. The number of nitrogens with zero attached hydrogens (tertiary/aromatic N) is 1. The lowest BCUT2D eigenvalue weighted by molar-refractivity contribution is -0.139. The van der Waals surface area contributed by atoms with E-state index in [0.29, 0.717) is 30.7 Å². The molecule has 9 heteroatoms. The lowest BCUT2D eigenvalue weighted by Gasteiger charge is -2.25. The fraction of sp³-hybridized carbons (Fsp3) is 0.391. The molecule has 0 radical (unpaired) electrons. The number of nitrogens with one attached hydrogen (secondary N) is 2. The minimum Gasteiger partial charge on any atom is -0.497 e. The summed E-state index contributed by atoms with van der Waals surface area (Å²) in [4.78, 5) is 24.7. The lowest BCUT2D eigenvalue weighted by atomic mass is 10.2. The van der Waals surface area contributed by atoms with Crippen LogP contribution in [0.25, 0.3) is 0 Å². The first-order chi connectivity index (χ1) is 15.2. The molecule has 0 aromatic heterocycles.